The molecule has 21 heavy (non-hydrogen) atoms. The van der Waals surface area contributed by atoms with Crippen LogP contribution < -0.4 is 10.1 Å². The fourth-order valence-electron chi connectivity index (χ4n) is 2.40. The van der Waals surface area contributed by atoms with Crippen LogP contribution in [0.25, 0.3) is 0 Å². The van der Waals surface area contributed by atoms with Gasteiger partial charge < -0.3 is 10.1 Å². The van der Waals surface area contributed by atoms with E-state index in [2.05, 4.69) is 15.4 Å². The molecule has 0 fully saturated rings. The number of anilines is 1. The predicted octanol–water partition coefficient (Wildman–Crippen LogP) is 2.32. The zero-order chi connectivity index (χ0) is 14.8. The van der Waals surface area contributed by atoms with Gasteiger partial charge in [0.2, 0.25) is 5.91 Å². The van der Waals surface area contributed by atoms with E-state index in [0.29, 0.717) is 18.8 Å². The zero-order valence-corrected chi connectivity index (χ0v) is 12.2. The molecule has 6 heteroatoms. The second-order valence-electron chi connectivity index (χ2n) is 5.37. The lowest BCUT2D eigenvalue weighted by Crippen LogP contribution is -2.18. The number of benzene rings is 1. The molecule has 1 aliphatic rings. The Hall–Kier alpha value is -2.37. The van der Waals surface area contributed by atoms with Crippen LogP contribution in [0.4, 0.5) is 5.69 Å². The number of aromatic nitrogens is 3. The molecule has 1 amide bonds. The van der Waals surface area contributed by atoms with Crippen LogP contribution in [-0.2, 0) is 17.8 Å². The van der Waals surface area contributed by atoms with Gasteiger partial charge in [-0.25, -0.2) is 9.67 Å². The van der Waals surface area contributed by atoms with E-state index >= 15 is 0 Å². The number of ether oxygens (including phenoxy) is 1. The fraction of sp³-hybridized carbons (Fsp3) is 0.400. The van der Waals surface area contributed by atoms with Gasteiger partial charge in [-0.05, 0) is 31.9 Å². The van der Waals surface area contributed by atoms with Crippen LogP contribution in [0.5, 0.6) is 5.75 Å². The topological polar surface area (TPSA) is 69.0 Å². The van der Waals surface area contributed by atoms with Gasteiger partial charge in [0, 0.05) is 24.2 Å². The van der Waals surface area contributed by atoms with Crippen molar-refractivity contribution < 1.29 is 9.53 Å². The van der Waals surface area contributed by atoms with E-state index in [1.807, 2.05) is 36.7 Å². The van der Waals surface area contributed by atoms with E-state index in [-0.39, 0.29) is 11.9 Å². The molecule has 2 aromatic rings. The second-order valence-corrected chi connectivity index (χ2v) is 5.37. The van der Waals surface area contributed by atoms with Crippen LogP contribution in [0.2, 0.25) is 0 Å². The lowest BCUT2D eigenvalue weighted by atomic mass is 10.0. The highest BCUT2D eigenvalue weighted by molar-refractivity contribution is 5.94. The summed E-state index contributed by atoms with van der Waals surface area (Å²) in [6.45, 7) is 4.45. The Kier molecular flexibility index (Phi) is 3.60. The number of amides is 1. The molecule has 0 saturated heterocycles. The molecule has 1 aliphatic heterocycles. The average Bonchev–Trinajstić information content (AvgIpc) is 2.93. The number of nitrogens with zero attached hydrogens (tertiary/aromatic N) is 3. The monoisotopic (exact) mass is 286 g/mol. The first-order valence-electron chi connectivity index (χ1n) is 7.07. The Bertz CT molecular complexity index is 663. The summed E-state index contributed by atoms with van der Waals surface area (Å²) in [5.41, 5.74) is 1.99. The van der Waals surface area contributed by atoms with E-state index in [4.69, 9.17) is 4.74 Å². The van der Waals surface area contributed by atoms with Gasteiger partial charge in [-0.15, -0.1) is 0 Å². The average molecular weight is 286 g/mol. The molecule has 0 spiro atoms. The number of hydrogen-bond donors (Lipinski definition) is 1. The Morgan fingerprint density at radius 1 is 1.38 bits per heavy atom. The van der Waals surface area contributed by atoms with Crippen molar-refractivity contribution in [2.75, 3.05) is 5.32 Å². The summed E-state index contributed by atoms with van der Waals surface area (Å²) in [5, 5.41) is 7.05. The first-order chi connectivity index (χ1) is 10.1. The summed E-state index contributed by atoms with van der Waals surface area (Å²) in [5.74, 6) is 1.56. The van der Waals surface area contributed by atoms with Gasteiger partial charge in [0.1, 0.15) is 18.7 Å². The molecular formula is C15H18N4O2. The fourth-order valence-corrected chi connectivity index (χ4v) is 2.40. The van der Waals surface area contributed by atoms with Crippen molar-refractivity contribution >= 4 is 11.6 Å². The Balaban J connectivity index is 1.72. The zero-order valence-electron chi connectivity index (χ0n) is 12.2. The van der Waals surface area contributed by atoms with E-state index < -0.39 is 0 Å². The van der Waals surface area contributed by atoms with Crippen LogP contribution in [0, 0.1) is 0 Å². The highest BCUT2D eigenvalue weighted by Crippen LogP contribution is 2.27. The largest absolute Gasteiger partial charge is 0.486 e. The summed E-state index contributed by atoms with van der Waals surface area (Å²) < 4.78 is 7.60. The van der Waals surface area contributed by atoms with Crippen molar-refractivity contribution in [2.24, 2.45) is 0 Å². The number of aryl methyl sites for hydroxylation is 1. The summed E-state index contributed by atoms with van der Waals surface area (Å²) in [6, 6.07) is 6.03. The van der Waals surface area contributed by atoms with Gasteiger partial charge in [-0.2, -0.15) is 5.10 Å². The maximum absolute atomic E-state index is 11.4. The smallest absolute Gasteiger partial charge is 0.224 e. The van der Waals surface area contributed by atoms with Crippen LogP contribution in [-0.4, -0.2) is 20.7 Å². The van der Waals surface area contributed by atoms with E-state index in [1.165, 1.54) is 6.33 Å². The number of carbonyl (C=O) groups is 1. The highest BCUT2D eigenvalue weighted by Gasteiger charge is 2.15. The first-order valence-corrected chi connectivity index (χ1v) is 7.07. The Morgan fingerprint density at radius 2 is 2.24 bits per heavy atom. The van der Waals surface area contributed by atoms with Crippen molar-refractivity contribution in [3.63, 3.8) is 0 Å². The number of nitrogens with one attached hydrogen (secondary N) is 1. The lowest BCUT2D eigenvalue weighted by molar-refractivity contribution is -0.116. The van der Waals surface area contributed by atoms with Crippen LogP contribution in [0.1, 0.15) is 37.7 Å². The molecule has 0 unspecified atom stereocenters. The quantitative estimate of drug-likeness (QED) is 0.936. The minimum Gasteiger partial charge on any atom is -0.486 e. The molecule has 0 saturated carbocycles. The molecular weight excluding hydrogens is 268 g/mol. The van der Waals surface area contributed by atoms with Gasteiger partial charge in [0.15, 0.2) is 5.82 Å². The summed E-state index contributed by atoms with van der Waals surface area (Å²) >= 11 is 0. The second kappa shape index (κ2) is 5.55. The van der Waals surface area contributed by atoms with Gasteiger partial charge in [0.05, 0.1) is 0 Å². The van der Waals surface area contributed by atoms with Crippen LogP contribution in [0.15, 0.2) is 24.5 Å². The van der Waals surface area contributed by atoms with E-state index in [1.54, 1.807) is 0 Å². The van der Waals surface area contributed by atoms with E-state index in [9.17, 15) is 4.79 Å². The van der Waals surface area contributed by atoms with E-state index in [0.717, 1.165) is 23.5 Å². The van der Waals surface area contributed by atoms with Gasteiger partial charge in [-0.3, -0.25) is 4.79 Å². The molecule has 0 bridgehead atoms. The maximum atomic E-state index is 11.4. The highest BCUT2D eigenvalue weighted by atomic mass is 16.5. The Morgan fingerprint density at radius 3 is 3.05 bits per heavy atom. The first kappa shape index (κ1) is 13.6. The van der Waals surface area contributed by atoms with Gasteiger partial charge >= 0.3 is 0 Å². The minimum absolute atomic E-state index is 0.0548. The molecule has 3 rings (SSSR count). The summed E-state index contributed by atoms with van der Waals surface area (Å²) in [6.07, 6.45) is 2.86. The summed E-state index contributed by atoms with van der Waals surface area (Å²) in [7, 11) is 0. The lowest BCUT2D eigenvalue weighted by Gasteiger charge is -2.18. The third kappa shape index (κ3) is 2.89. The Labute approximate surface area is 123 Å². The summed E-state index contributed by atoms with van der Waals surface area (Å²) in [4.78, 5) is 15.6. The van der Waals surface area contributed by atoms with Gasteiger partial charge in [0.25, 0.3) is 0 Å². The third-order valence-electron chi connectivity index (χ3n) is 3.48. The minimum atomic E-state index is 0.0548. The third-order valence-corrected chi connectivity index (χ3v) is 3.48. The number of rotatable bonds is 4. The molecule has 0 atom stereocenters. The molecule has 1 aromatic heterocycles. The van der Waals surface area contributed by atoms with Crippen LogP contribution >= 0.6 is 0 Å². The number of carbonyl (C=O) groups excluding carboxylic acids is 1. The number of hydrogen-bond acceptors (Lipinski definition) is 4. The van der Waals surface area contributed by atoms with Crippen LogP contribution in [0.3, 0.4) is 0 Å². The molecule has 0 aliphatic carbocycles. The maximum Gasteiger partial charge on any atom is 0.224 e. The normalized spacial score (nSPS) is 14.0. The van der Waals surface area contributed by atoms with Crippen molar-refractivity contribution in [1.29, 1.82) is 0 Å². The molecule has 2 heterocycles. The molecule has 1 aromatic carbocycles. The SMILES string of the molecule is CC(C)n1ncnc1COc1ccc2c(c1)NC(=O)CC2. The van der Waals surface area contributed by atoms with Crippen molar-refractivity contribution in [3.05, 3.63) is 35.9 Å². The van der Waals surface area contributed by atoms with Crippen molar-refractivity contribution in [3.8, 4) is 5.75 Å². The van der Waals surface area contributed by atoms with Crippen molar-refractivity contribution in [2.45, 2.75) is 39.3 Å². The van der Waals surface area contributed by atoms with Gasteiger partial charge in [-0.1, -0.05) is 6.07 Å². The molecule has 6 nitrogen and oxygen atoms in total. The molecule has 0 radical (unpaired) electrons. The molecule has 1 N–H and O–H groups in total. The number of fused-ring (bicyclic) bond motifs is 1. The standard InChI is InChI=1S/C15H18N4O2/c1-10(2)19-14(16-9-17-19)8-21-12-5-3-11-4-6-15(20)18-13(11)7-12/h3,5,7,9-10H,4,6,8H2,1-2H3,(H,18,20). The van der Waals surface area contributed by atoms with Crippen molar-refractivity contribution in [1.82, 2.24) is 14.8 Å². The predicted molar refractivity (Wildman–Crippen MR) is 78.1 cm³/mol. The molecule has 110 valence electrons.